The van der Waals surface area contributed by atoms with Crippen LogP contribution in [-0.4, -0.2) is 44.8 Å². The Bertz CT molecular complexity index is 1580. The lowest BCUT2D eigenvalue weighted by Gasteiger charge is -2.31. The number of amides is 2. The fourth-order valence-electron chi connectivity index (χ4n) is 5.63. The first-order valence-electron chi connectivity index (χ1n) is 13.4. The molecule has 4 aromatic rings. The lowest BCUT2D eigenvalue weighted by molar-refractivity contribution is -0.127. The minimum absolute atomic E-state index is 0.0554. The summed E-state index contributed by atoms with van der Waals surface area (Å²) in [5.41, 5.74) is 5.84. The maximum absolute atomic E-state index is 15.0. The first kappa shape index (κ1) is 25.0. The van der Waals surface area contributed by atoms with Gasteiger partial charge in [0.1, 0.15) is 17.8 Å². The molecule has 0 atom stereocenters. The number of likely N-dealkylation sites (tertiary alicyclic amines) is 1. The number of fused-ring (bicyclic) bond motifs is 1. The number of aromatic amines is 1. The third kappa shape index (κ3) is 4.82. The van der Waals surface area contributed by atoms with E-state index in [1.54, 1.807) is 4.90 Å². The van der Waals surface area contributed by atoms with Crippen LogP contribution in [-0.2, 0) is 4.79 Å². The number of anilines is 1. The molecule has 2 amide bonds. The number of hydrogen-bond acceptors (Lipinski definition) is 4. The van der Waals surface area contributed by atoms with Crippen LogP contribution in [0.4, 0.5) is 10.1 Å². The minimum Gasteiger partial charge on any atom is -0.346 e. The van der Waals surface area contributed by atoms with Gasteiger partial charge in [0.05, 0.1) is 5.69 Å². The summed E-state index contributed by atoms with van der Waals surface area (Å²) in [5.74, 6) is 0.00707. The van der Waals surface area contributed by atoms with Gasteiger partial charge in [0, 0.05) is 41.5 Å². The first-order valence-corrected chi connectivity index (χ1v) is 13.4. The van der Waals surface area contributed by atoms with Gasteiger partial charge in [0.25, 0.3) is 5.91 Å². The number of benzene rings is 2. The topological polar surface area (TPSA) is 91.0 Å². The molecule has 0 bridgehead atoms. The molecule has 0 radical (unpaired) electrons. The number of aromatic nitrogens is 3. The van der Waals surface area contributed by atoms with Crippen LogP contribution >= 0.6 is 0 Å². The van der Waals surface area contributed by atoms with Gasteiger partial charge in [0.2, 0.25) is 5.91 Å². The van der Waals surface area contributed by atoms with Crippen molar-refractivity contribution >= 4 is 28.5 Å². The van der Waals surface area contributed by atoms with Crippen LogP contribution in [0.3, 0.4) is 0 Å². The summed E-state index contributed by atoms with van der Waals surface area (Å²) in [6.45, 7) is 6.73. The zero-order chi connectivity index (χ0) is 27.1. The van der Waals surface area contributed by atoms with Crippen molar-refractivity contribution in [2.45, 2.75) is 44.4 Å². The molecular weight excluding hydrogens is 493 g/mol. The molecule has 39 heavy (non-hydrogen) atoms. The van der Waals surface area contributed by atoms with Gasteiger partial charge >= 0.3 is 0 Å². The smallest absolute Gasteiger partial charge is 0.255 e. The number of hydrogen-bond donors (Lipinski definition) is 2. The summed E-state index contributed by atoms with van der Waals surface area (Å²) in [5, 5.41) is 3.75. The molecule has 1 aliphatic heterocycles. The number of nitrogens with one attached hydrogen (secondary N) is 2. The Kier molecular flexibility index (Phi) is 6.46. The molecule has 0 unspecified atom stereocenters. The van der Waals surface area contributed by atoms with Crippen LogP contribution < -0.4 is 5.32 Å². The molecule has 2 aromatic heterocycles. The van der Waals surface area contributed by atoms with E-state index in [9.17, 15) is 14.0 Å². The lowest BCUT2D eigenvalue weighted by Crippen LogP contribution is -2.36. The third-order valence-corrected chi connectivity index (χ3v) is 8.02. The van der Waals surface area contributed by atoms with Crippen LogP contribution in [0, 0.1) is 12.7 Å². The number of carbonyl (C=O) groups is 2. The minimum atomic E-state index is -0.463. The molecule has 1 saturated carbocycles. The van der Waals surface area contributed by atoms with E-state index < -0.39 is 5.82 Å². The van der Waals surface area contributed by atoms with E-state index in [0.29, 0.717) is 47.2 Å². The third-order valence-electron chi connectivity index (χ3n) is 8.02. The highest BCUT2D eigenvalue weighted by Gasteiger charge is 2.27. The summed E-state index contributed by atoms with van der Waals surface area (Å²) < 4.78 is 15.0. The fourth-order valence-corrected chi connectivity index (χ4v) is 5.63. The van der Waals surface area contributed by atoms with Gasteiger partial charge in [-0.2, -0.15) is 0 Å². The highest BCUT2D eigenvalue weighted by atomic mass is 19.1. The van der Waals surface area contributed by atoms with Crippen LogP contribution in [0.5, 0.6) is 0 Å². The van der Waals surface area contributed by atoms with Gasteiger partial charge in [-0.1, -0.05) is 18.7 Å². The van der Waals surface area contributed by atoms with Crippen LogP contribution in [0.25, 0.3) is 22.3 Å². The molecule has 8 heteroatoms. The zero-order valence-corrected chi connectivity index (χ0v) is 21.8. The molecule has 1 saturated heterocycles. The SMILES string of the molecule is C=CC(=O)N1CCC(c2c[nH]c3ncnc(-c4cc(F)cc(NC(=O)c5ccc(C6CC6)cc5)c4C)c23)CC1. The number of halogens is 1. The normalized spacial score (nSPS) is 15.9. The van der Waals surface area contributed by atoms with Crippen molar-refractivity contribution < 1.29 is 14.0 Å². The molecule has 1 aliphatic carbocycles. The second kappa shape index (κ2) is 10.1. The van der Waals surface area contributed by atoms with Crippen LogP contribution in [0.1, 0.15) is 64.6 Å². The number of piperidine rings is 1. The highest BCUT2D eigenvalue weighted by molar-refractivity contribution is 6.05. The van der Waals surface area contributed by atoms with Gasteiger partial charge in [-0.3, -0.25) is 9.59 Å². The van der Waals surface area contributed by atoms with Crippen LogP contribution in [0.2, 0.25) is 0 Å². The average molecular weight is 524 g/mol. The second-order valence-corrected chi connectivity index (χ2v) is 10.5. The molecule has 3 heterocycles. The Hall–Kier alpha value is -4.33. The van der Waals surface area contributed by atoms with E-state index in [-0.39, 0.29) is 17.7 Å². The number of carbonyl (C=O) groups excluding carboxylic acids is 2. The average Bonchev–Trinajstić information content (AvgIpc) is 3.72. The lowest BCUT2D eigenvalue weighted by atomic mass is 9.88. The monoisotopic (exact) mass is 523 g/mol. The summed E-state index contributed by atoms with van der Waals surface area (Å²) in [6, 6.07) is 10.5. The first-order chi connectivity index (χ1) is 18.9. The van der Waals surface area contributed by atoms with Crippen molar-refractivity contribution in [3.05, 3.63) is 89.6 Å². The van der Waals surface area contributed by atoms with Crippen molar-refractivity contribution in [3.8, 4) is 11.3 Å². The second-order valence-electron chi connectivity index (χ2n) is 10.5. The Morgan fingerprint density at radius 1 is 1.08 bits per heavy atom. The van der Waals surface area contributed by atoms with Gasteiger partial charge in [0.15, 0.2) is 0 Å². The quantitative estimate of drug-likeness (QED) is 0.299. The van der Waals surface area contributed by atoms with Gasteiger partial charge in [-0.15, -0.1) is 0 Å². The molecule has 2 fully saturated rings. The van der Waals surface area contributed by atoms with Crippen molar-refractivity contribution in [1.82, 2.24) is 19.9 Å². The molecule has 2 aromatic carbocycles. The maximum atomic E-state index is 15.0. The fraction of sp³-hybridized carbons (Fsp3) is 0.290. The summed E-state index contributed by atoms with van der Waals surface area (Å²) >= 11 is 0. The Morgan fingerprint density at radius 2 is 1.82 bits per heavy atom. The van der Waals surface area contributed by atoms with Crippen molar-refractivity contribution in [2.75, 3.05) is 18.4 Å². The van der Waals surface area contributed by atoms with Gasteiger partial charge < -0.3 is 15.2 Å². The van der Waals surface area contributed by atoms with E-state index in [1.165, 1.54) is 42.9 Å². The Morgan fingerprint density at radius 3 is 2.51 bits per heavy atom. The number of H-pyrrole nitrogens is 1. The van der Waals surface area contributed by atoms with E-state index in [2.05, 4.69) is 26.8 Å². The van der Waals surface area contributed by atoms with E-state index >= 15 is 0 Å². The van der Waals surface area contributed by atoms with Gasteiger partial charge in [-0.25, -0.2) is 14.4 Å². The predicted molar refractivity (Wildman–Crippen MR) is 149 cm³/mol. The zero-order valence-electron chi connectivity index (χ0n) is 21.8. The number of rotatable bonds is 6. The van der Waals surface area contributed by atoms with Crippen molar-refractivity contribution in [2.24, 2.45) is 0 Å². The summed E-state index contributed by atoms with van der Waals surface area (Å²) in [4.78, 5) is 39.2. The molecular formula is C31H30FN5O2. The summed E-state index contributed by atoms with van der Waals surface area (Å²) in [7, 11) is 0. The molecule has 7 nitrogen and oxygen atoms in total. The number of nitrogens with zero attached hydrogens (tertiary/aromatic N) is 3. The van der Waals surface area contributed by atoms with E-state index in [0.717, 1.165) is 29.4 Å². The molecule has 0 spiro atoms. The largest absolute Gasteiger partial charge is 0.346 e. The van der Waals surface area contributed by atoms with Crippen molar-refractivity contribution in [3.63, 3.8) is 0 Å². The highest BCUT2D eigenvalue weighted by Crippen LogP contribution is 2.41. The van der Waals surface area contributed by atoms with Gasteiger partial charge in [-0.05, 0) is 91.5 Å². The van der Waals surface area contributed by atoms with E-state index in [4.69, 9.17) is 0 Å². The van der Waals surface area contributed by atoms with E-state index in [1.807, 2.05) is 37.4 Å². The van der Waals surface area contributed by atoms with Crippen LogP contribution in [0.15, 0.2) is 61.6 Å². The Labute approximate surface area is 226 Å². The standard InChI is InChI=1S/C31H30FN5O2/c1-3-27(38)37-12-10-21(11-13-37)25-16-33-30-28(25)29(34-17-35-30)24-14-23(32)15-26(18(24)2)36-31(39)22-8-6-20(7-9-22)19-4-5-19/h3,6-9,14-17,19,21H,1,4-5,10-13H2,2H3,(H,36,39)(H,33,34,35). The molecule has 2 aliphatic rings. The summed E-state index contributed by atoms with van der Waals surface area (Å²) in [6.07, 6.45) is 8.75. The molecule has 2 N–H and O–H groups in total. The predicted octanol–water partition coefficient (Wildman–Crippen LogP) is 6.09. The maximum Gasteiger partial charge on any atom is 0.255 e. The molecule has 198 valence electrons. The van der Waals surface area contributed by atoms with Crippen molar-refractivity contribution in [1.29, 1.82) is 0 Å². The molecule has 6 rings (SSSR count). The Balaban J connectivity index is 1.32.